The van der Waals surface area contributed by atoms with Gasteiger partial charge in [0.25, 0.3) is 0 Å². The first-order chi connectivity index (χ1) is 19.1. The number of carbonyl (C=O) groups is 2. The van der Waals surface area contributed by atoms with Crippen molar-refractivity contribution in [3.63, 3.8) is 0 Å². The predicted molar refractivity (Wildman–Crippen MR) is 157 cm³/mol. The third kappa shape index (κ3) is 5.69. The molecule has 10 heteroatoms. The van der Waals surface area contributed by atoms with Crippen molar-refractivity contribution < 1.29 is 19.4 Å². The minimum absolute atomic E-state index is 0.0891. The summed E-state index contributed by atoms with van der Waals surface area (Å²) in [4.78, 5) is 35.8. The van der Waals surface area contributed by atoms with Crippen molar-refractivity contribution in [2.24, 2.45) is 0 Å². The van der Waals surface area contributed by atoms with Gasteiger partial charge in [0.1, 0.15) is 5.75 Å². The highest BCUT2D eigenvalue weighted by atomic mass is 35.5. The SMILES string of the molecule is Cc1cc(N2CCC(N(C(=O)N(C)C3CCc4ccc(OC(=O)O)cc43)c3cccc(Cl)c3Cl)CC2)cc(C)n1. The predicted octanol–water partition coefficient (Wildman–Crippen LogP) is 7.28. The van der Waals surface area contributed by atoms with Crippen molar-refractivity contribution >= 4 is 46.8 Å². The number of hydrogen-bond donors (Lipinski definition) is 1. The summed E-state index contributed by atoms with van der Waals surface area (Å²) in [5.74, 6) is 0.239. The number of nitrogens with zero attached hydrogens (tertiary/aromatic N) is 4. The number of rotatable bonds is 5. The monoisotopic (exact) mass is 582 g/mol. The summed E-state index contributed by atoms with van der Waals surface area (Å²) in [6.07, 6.45) is 1.64. The van der Waals surface area contributed by atoms with Gasteiger partial charge in [-0.2, -0.15) is 0 Å². The number of halogens is 2. The van der Waals surface area contributed by atoms with Crippen LogP contribution in [-0.2, 0) is 6.42 Å². The zero-order valence-corrected chi connectivity index (χ0v) is 24.2. The summed E-state index contributed by atoms with van der Waals surface area (Å²) in [5.41, 5.74) is 5.66. The van der Waals surface area contributed by atoms with Gasteiger partial charge in [0.2, 0.25) is 0 Å². The van der Waals surface area contributed by atoms with Crippen LogP contribution < -0.4 is 14.5 Å². The van der Waals surface area contributed by atoms with Gasteiger partial charge >= 0.3 is 12.2 Å². The number of pyridine rings is 1. The molecule has 1 fully saturated rings. The largest absolute Gasteiger partial charge is 0.511 e. The number of piperidine rings is 1. The van der Waals surface area contributed by atoms with Gasteiger partial charge in [0, 0.05) is 43.3 Å². The number of carbonyl (C=O) groups excluding carboxylic acids is 1. The Balaban J connectivity index is 1.42. The number of aryl methyl sites for hydroxylation is 3. The van der Waals surface area contributed by atoms with Crippen molar-refractivity contribution in [1.82, 2.24) is 9.88 Å². The molecule has 0 spiro atoms. The van der Waals surface area contributed by atoms with Crippen LogP contribution in [-0.4, -0.2) is 53.4 Å². The number of ether oxygens (including phenoxy) is 1. The van der Waals surface area contributed by atoms with Crippen LogP contribution in [0.2, 0.25) is 10.0 Å². The number of benzene rings is 2. The summed E-state index contributed by atoms with van der Waals surface area (Å²) >= 11 is 13.1. The van der Waals surface area contributed by atoms with Gasteiger partial charge in [-0.25, -0.2) is 9.59 Å². The summed E-state index contributed by atoms with van der Waals surface area (Å²) in [5, 5.41) is 9.80. The lowest BCUT2D eigenvalue weighted by Gasteiger charge is -2.42. The Morgan fingerprint density at radius 1 is 1.02 bits per heavy atom. The Bertz CT molecular complexity index is 1420. The number of fused-ring (bicyclic) bond motifs is 1. The second kappa shape index (κ2) is 11.6. The van der Waals surface area contributed by atoms with E-state index in [1.165, 1.54) is 0 Å². The average molecular weight is 584 g/mol. The lowest BCUT2D eigenvalue weighted by molar-refractivity contribution is 0.144. The normalized spacial score (nSPS) is 16.9. The molecule has 1 N–H and O–H groups in total. The number of aromatic nitrogens is 1. The molecule has 1 atom stereocenters. The first-order valence-electron chi connectivity index (χ1n) is 13.4. The van der Waals surface area contributed by atoms with Crippen molar-refractivity contribution in [1.29, 1.82) is 0 Å². The molecule has 1 aromatic heterocycles. The Morgan fingerprint density at radius 3 is 2.40 bits per heavy atom. The molecule has 3 aromatic rings. The summed E-state index contributed by atoms with van der Waals surface area (Å²) in [6.45, 7) is 5.56. The molecule has 2 aliphatic rings. The molecule has 0 saturated carbocycles. The van der Waals surface area contributed by atoms with E-state index >= 15 is 0 Å². The molecule has 2 amide bonds. The molecule has 8 nitrogen and oxygen atoms in total. The zero-order valence-electron chi connectivity index (χ0n) is 22.7. The number of urea groups is 1. The zero-order chi connectivity index (χ0) is 28.6. The molecular weight excluding hydrogens is 551 g/mol. The van der Waals surface area contributed by atoms with Crippen LogP contribution in [0, 0.1) is 13.8 Å². The maximum absolute atomic E-state index is 14.3. The van der Waals surface area contributed by atoms with Crippen LogP contribution in [0.3, 0.4) is 0 Å². The molecule has 1 aliphatic carbocycles. The standard InChI is InChI=1S/C30H32Cl2N4O4/c1-18-15-22(16-19(2)33-18)35-13-11-21(12-14-35)36(27-6-4-5-25(31)28(27)32)29(37)34(3)26-10-8-20-7-9-23(17-24(20)26)40-30(38)39/h4-7,9,15-17,21,26H,8,10-14H2,1-3H3,(H,38,39). The third-order valence-corrected chi connectivity index (χ3v) is 8.60. The van der Waals surface area contributed by atoms with Crippen LogP contribution >= 0.6 is 23.2 Å². The van der Waals surface area contributed by atoms with Gasteiger partial charge in [-0.05, 0) is 87.1 Å². The van der Waals surface area contributed by atoms with Crippen molar-refractivity contribution in [3.05, 3.63) is 81.1 Å². The first kappa shape index (κ1) is 28.1. The van der Waals surface area contributed by atoms with Gasteiger partial charge in [0.15, 0.2) is 0 Å². The van der Waals surface area contributed by atoms with Gasteiger partial charge < -0.3 is 19.6 Å². The fourth-order valence-corrected chi connectivity index (χ4v) is 6.33. The lowest BCUT2D eigenvalue weighted by atomic mass is 10.0. The van der Waals surface area contributed by atoms with E-state index in [9.17, 15) is 9.59 Å². The van der Waals surface area contributed by atoms with E-state index in [1.54, 1.807) is 35.0 Å². The Morgan fingerprint density at radius 2 is 1.73 bits per heavy atom. The van der Waals surface area contributed by atoms with Crippen LogP contribution in [0.25, 0.3) is 0 Å². The molecule has 5 rings (SSSR count). The minimum atomic E-state index is -1.37. The number of anilines is 2. The number of carboxylic acid groups (broad SMARTS) is 1. The smallest absolute Gasteiger partial charge is 0.449 e. The fourth-order valence-electron chi connectivity index (χ4n) is 5.94. The maximum atomic E-state index is 14.3. The topological polar surface area (TPSA) is 86.2 Å². The Hall–Kier alpha value is -3.49. The maximum Gasteiger partial charge on any atom is 0.511 e. The Kier molecular flexibility index (Phi) is 8.10. The van der Waals surface area contributed by atoms with E-state index in [-0.39, 0.29) is 23.9 Å². The van der Waals surface area contributed by atoms with E-state index in [0.717, 1.165) is 67.0 Å². The lowest BCUT2D eigenvalue weighted by Crippen LogP contribution is -2.52. The van der Waals surface area contributed by atoms with Gasteiger partial charge in [-0.1, -0.05) is 35.3 Å². The van der Waals surface area contributed by atoms with Crippen molar-refractivity contribution in [2.45, 2.75) is 51.6 Å². The van der Waals surface area contributed by atoms with Crippen molar-refractivity contribution in [3.8, 4) is 5.75 Å². The van der Waals surface area contributed by atoms with Crippen LogP contribution in [0.5, 0.6) is 5.75 Å². The van der Waals surface area contributed by atoms with E-state index in [4.69, 9.17) is 33.0 Å². The minimum Gasteiger partial charge on any atom is -0.449 e. The molecular formula is C30H32Cl2N4O4. The Labute approximate surface area is 244 Å². The highest BCUT2D eigenvalue weighted by molar-refractivity contribution is 6.44. The summed E-state index contributed by atoms with van der Waals surface area (Å²) < 4.78 is 4.89. The summed E-state index contributed by atoms with van der Waals surface area (Å²) in [6, 6.07) is 14.3. The van der Waals surface area contributed by atoms with Crippen molar-refractivity contribution in [2.75, 3.05) is 29.9 Å². The molecule has 0 radical (unpaired) electrons. The molecule has 40 heavy (non-hydrogen) atoms. The fraction of sp³-hybridized carbons (Fsp3) is 0.367. The van der Waals surface area contributed by atoms with Gasteiger partial charge in [-0.3, -0.25) is 9.88 Å². The highest BCUT2D eigenvalue weighted by Gasteiger charge is 2.37. The molecule has 210 valence electrons. The average Bonchev–Trinajstić information content (AvgIpc) is 3.33. The second-order valence-corrected chi connectivity index (χ2v) is 11.2. The number of amides is 2. The van der Waals surface area contributed by atoms with E-state index in [2.05, 4.69) is 22.0 Å². The molecule has 2 aromatic carbocycles. The van der Waals surface area contributed by atoms with E-state index in [1.807, 2.05) is 32.0 Å². The summed E-state index contributed by atoms with van der Waals surface area (Å²) in [7, 11) is 1.79. The van der Waals surface area contributed by atoms with Gasteiger partial charge in [-0.15, -0.1) is 0 Å². The number of hydrogen-bond acceptors (Lipinski definition) is 5. The quantitative estimate of drug-likeness (QED) is 0.251. The molecule has 1 aliphatic heterocycles. The van der Waals surface area contributed by atoms with Gasteiger partial charge in [0.05, 0.1) is 21.8 Å². The van der Waals surface area contributed by atoms with Crippen LogP contribution in [0.4, 0.5) is 21.0 Å². The van der Waals surface area contributed by atoms with E-state index in [0.29, 0.717) is 15.7 Å². The third-order valence-electron chi connectivity index (χ3n) is 7.80. The first-order valence-corrected chi connectivity index (χ1v) is 14.1. The van der Waals surface area contributed by atoms with Crippen LogP contribution in [0.1, 0.15) is 47.8 Å². The van der Waals surface area contributed by atoms with Crippen LogP contribution in [0.15, 0.2) is 48.5 Å². The second-order valence-electron chi connectivity index (χ2n) is 10.4. The molecule has 1 saturated heterocycles. The highest BCUT2D eigenvalue weighted by Crippen LogP contribution is 2.41. The molecule has 0 bridgehead atoms. The molecule has 2 heterocycles. The molecule has 1 unspecified atom stereocenters. The van der Waals surface area contributed by atoms with E-state index < -0.39 is 6.16 Å².